The van der Waals surface area contributed by atoms with E-state index in [1.54, 1.807) is 0 Å². The van der Waals surface area contributed by atoms with Gasteiger partial charge in [0, 0.05) is 23.3 Å². The Kier molecular flexibility index (Phi) is 3.60. The number of benzene rings is 1. The summed E-state index contributed by atoms with van der Waals surface area (Å²) in [6.45, 7) is 0. The zero-order chi connectivity index (χ0) is 16.0. The Hall–Kier alpha value is -1.88. The van der Waals surface area contributed by atoms with Gasteiger partial charge in [0.05, 0.1) is 6.42 Å². The second kappa shape index (κ2) is 5.64. The van der Waals surface area contributed by atoms with Crippen molar-refractivity contribution in [2.24, 2.45) is 23.5 Å². The Morgan fingerprint density at radius 1 is 1.22 bits per heavy atom. The molecule has 3 aliphatic rings. The predicted molar refractivity (Wildman–Crippen MR) is 88.9 cm³/mol. The van der Waals surface area contributed by atoms with Crippen molar-refractivity contribution in [1.82, 2.24) is 0 Å². The van der Waals surface area contributed by atoms with E-state index in [9.17, 15) is 9.59 Å². The number of fused-ring (bicyclic) bond motifs is 3. The fraction of sp³-hybridized carbons (Fsp3) is 0.556. The van der Waals surface area contributed by atoms with Gasteiger partial charge in [-0.3, -0.25) is 9.59 Å². The van der Waals surface area contributed by atoms with Crippen molar-refractivity contribution in [1.29, 1.82) is 0 Å². The normalized spacial score (nSPS) is 32.1. The smallest absolute Gasteiger partial charge is 0.228 e. The summed E-state index contributed by atoms with van der Waals surface area (Å²) < 4.78 is 0. The van der Waals surface area contributed by atoms with Crippen molar-refractivity contribution in [3.63, 3.8) is 0 Å². The summed E-state index contributed by atoms with van der Waals surface area (Å²) in [5, 5.41) is 5.85. The Morgan fingerprint density at radius 3 is 2.70 bits per heavy atom. The lowest BCUT2D eigenvalue weighted by atomic mass is 9.65. The largest absolute Gasteiger partial charge is 0.327 e. The molecule has 0 aromatic heterocycles. The number of carbonyl (C=O) groups excluding carboxylic acids is 2. The van der Waals surface area contributed by atoms with E-state index in [0.29, 0.717) is 18.3 Å². The fourth-order valence-electron chi connectivity index (χ4n) is 4.55. The predicted octanol–water partition coefficient (Wildman–Crippen LogP) is 2.27. The number of carbonyl (C=O) groups is 2. The highest BCUT2D eigenvalue weighted by Gasteiger charge is 2.40. The molecule has 1 heterocycles. The minimum Gasteiger partial charge on any atom is -0.327 e. The first-order valence-electron chi connectivity index (χ1n) is 8.59. The van der Waals surface area contributed by atoms with Gasteiger partial charge in [-0.1, -0.05) is 6.42 Å². The van der Waals surface area contributed by atoms with Crippen LogP contribution in [0.4, 0.5) is 11.4 Å². The molecule has 2 fully saturated rings. The molecular weight excluding hydrogens is 290 g/mol. The molecule has 1 aromatic rings. The molecule has 23 heavy (non-hydrogen) atoms. The summed E-state index contributed by atoms with van der Waals surface area (Å²) in [4.78, 5) is 24.0. The summed E-state index contributed by atoms with van der Waals surface area (Å²) in [6.07, 6.45) is 5.79. The third-order valence-electron chi connectivity index (χ3n) is 5.78. The molecule has 0 saturated heterocycles. The van der Waals surface area contributed by atoms with Crippen molar-refractivity contribution in [3.05, 3.63) is 23.8 Å². The third-order valence-corrected chi connectivity index (χ3v) is 5.78. The van der Waals surface area contributed by atoms with E-state index < -0.39 is 0 Å². The number of rotatable bonds is 2. The van der Waals surface area contributed by atoms with Crippen LogP contribution >= 0.6 is 0 Å². The Bertz CT molecular complexity index is 644. The zero-order valence-electron chi connectivity index (χ0n) is 13.2. The number of hydrogen-bond donors (Lipinski definition) is 3. The quantitative estimate of drug-likeness (QED) is 0.783. The van der Waals surface area contributed by atoms with Crippen LogP contribution in [0.3, 0.4) is 0 Å². The molecule has 2 bridgehead atoms. The first kappa shape index (κ1) is 14.7. The van der Waals surface area contributed by atoms with Crippen LogP contribution < -0.4 is 16.4 Å². The van der Waals surface area contributed by atoms with Crippen LogP contribution in [0.2, 0.25) is 0 Å². The average molecular weight is 313 g/mol. The first-order valence-corrected chi connectivity index (χ1v) is 8.59. The van der Waals surface area contributed by atoms with Gasteiger partial charge in [-0.2, -0.15) is 0 Å². The number of nitrogens with one attached hydrogen (secondary N) is 2. The standard InChI is InChI=1S/C18H23N3O2/c19-17-10-2-1-3-11(17)7-13(6-10)18(23)20-14-4-5-15-12(8-14)9-16(22)21-15/h4-5,8,10-11,13,17H,1-3,6-7,9,19H2,(H,20,23)(H,21,22). The van der Waals surface area contributed by atoms with Gasteiger partial charge in [-0.05, 0) is 61.3 Å². The molecule has 0 spiro atoms. The SMILES string of the molecule is NC1C2CCCC1CC(C(=O)Nc1ccc3c(c1)CC(=O)N3)C2. The fourth-order valence-corrected chi connectivity index (χ4v) is 4.55. The summed E-state index contributed by atoms with van der Waals surface area (Å²) >= 11 is 0. The van der Waals surface area contributed by atoms with Crippen LogP contribution in [0.5, 0.6) is 0 Å². The van der Waals surface area contributed by atoms with E-state index in [2.05, 4.69) is 10.6 Å². The number of hydrogen-bond acceptors (Lipinski definition) is 3. The van der Waals surface area contributed by atoms with Gasteiger partial charge in [0.1, 0.15) is 0 Å². The lowest BCUT2D eigenvalue weighted by Crippen LogP contribution is -2.48. The number of anilines is 2. The molecular formula is C18H23N3O2. The van der Waals surface area contributed by atoms with Gasteiger partial charge >= 0.3 is 0 Å². The van der Waals surface area contributed by atoms with E-state index in [4.69, 9.17) is 5.73 Å². The van der Waals surface area contributed by atoms with Crippen LogP contribution in [-0.4, -0.2) is 17.9 Å². The van der Waals surface area contributed by atoms with Gasteiger partial charge in [-0.25, -0.2) is 0 Å². The summed E-state index contributed by atoms with van der Waals surface area (Å²) in [5.41, 5.74) is 8.89. The highest BCUT2D eigenvalue weighted by atomic mass is 16.2. The van der Waals surface area contributed by atoms with Crippen molar-refractivity contribution in [2.45, 2.75) is 44.6 Å². The molecule has 5 heteroatoms. The molecule has 1 aliphatic heterocycles. The minimum absolute atomic E-state index is 0.0116. The van der Waals surface area contributed by atoms with Crippen LogP contribution in [0, 0.1) is 17.8 Å². The van der Waals surface area contributed by atoms with Gasteiger partial charge in [-0.15, -0.1) is 0 Å². The zero-order valence-corrected chi connectivity index (χ0v) is 13.2. The van der Waals surface area contributed by atoms with Crippen LogP contribution in [0.25, 0.3) is 0 Å². The van der Waals surface area contributed by atoms with Gasteiger partial charge in [0.2, 0.25) is 11.8 Å². The molecule has 5 nitrogen and oxygen atoms in total. The van der Waals surface area contributed by atoms with Crippen LogP contribution in [0.1, 0.15) is 37.7 Å². The maximum Gasteiger partial charge on any atom is 0.228 e. The summed E-state index contributed by atoms with van der Waals surface area (Å²) in [5.74, 6) is 1.18. The second-order valence-corrected chi connectivity index (χ2v) is 7.28. The van der Waals surface area contributed by atoms with E-state index in [1.165, 1.54) is 6.42 Å². The number of nitrogens with two attached hydrogens (primary N) is 1. The van der Waals surface area contributed by atoms with Gasteiger partial charge in [0.15, 0.2) is 0 Å². The molecule has 2 aliphatic carbocycles. The van der Waals surface area contributed by atoms with E-state index >= 15 is 0 Å². The topological polar surface area (TPSA) is 84.2 Å². The van der Waals surface area contributed by atoms with Crippen molar-refractivity contribution in [2.75, 3.05) is 10.6 Å². The lowest BCUT2D eigenvalue weighted by molar-refractivity contribution is -0.122. The van der Waals surface area contributed by atoms with E-state index in [0.717, 1.165) is 42.6 Å². The first-order chi connectivity index (χ1) is 11.1. The van der Waals surface area contributed by atoms with Crippen molar-refractivity contribution < 1.29 is 9.59 Å². The highest BCUT2D eigenvalue weighted by Crippen LogP contribution is 2.42. The molecule has 0 radical (unpaired) electrons. The second-order valence-electron chi connectivity index (χ2n) is 7.28. The molecule has 1 aromatic carbocycles. The Balaban J connectivity index is 1.44. The molecule has 2 atom stereocenters. The van der Waals surface area contributed by atoms with E-state index in [-0.39, 0.29) is 23.8 Å². The van der Waals surface area contributed by atoms with Crippen LogP contribution in [-0.2, 0) is 16.0 Å². The molecule has 122 valence electrons. The Labute approximate surface area is 136 Å². The third kappa shape index (κ3) is 2.74. The van der Waals surface area contributed by atoms with Gasteiger partial charge < -0.3 is 16.4 Å². The Morgan fingerprint density at radius 2 is 1.96 bits per heavy atom. The molecule has 2 unspecified atom stereocenters. The van der Waals surface area contributed by atoms with Crippen LogP contribution in [0.15, 0.2) is 18.2 Å². The average Bonchev–Trinajstić information content (AvgIpc) is 2.86. The summed E-state index contributed by atoms with van der Waals surface area (Å²) in [7, 11) is 0. The minimum atomic E-state index is 0.0116. The monoisotopic (exact) mass is 313 g/mol. The van der Waals surface area contributed by atoms with Gasteiger partial charge in [0.25, 0.3) is 0 Å². The van der Waals surface area contributed by atoms with Crippen molar-refractivity contribution in [3.8, 4) is 0 Å². The molecule has 2 amide bonds. The molecule has 4 N–H and O–H groups in total. The lowest BCUT2D eigenvalue weighted by Gasteiger charge is -2.43. The maximum atomic E-state index is 12.6. The van der Waals surface area contributed by atoms with Crippen molar-refractivity contribution >= 4 is 23.2 Å². The maximum absolute atomic E-state index is 12.6. The summed E-state index contributed by atoms with van der Waals surface area (Å²) in [6, 6.07) is 5.91. The molecule has 2 saturated carbocycles. The van der Waals surface area contributed by atoms with E-state index in [1.807, 2.05) is 18.2 Å². The molecule has 4 rings (SSSR count). The number of amides is 2. The highest BCUT2D eigenvalue weighted by molar-refractivity contribution is 6.00.